The molecule has 29 heavy (non-hydrogen) atoms. The Labute approximate surface area is 172 Å². The van der Waals surface area contributed by atoms with Crippen molar-refractivity contribution in [3.63, 3.8) is 0 Å². The number of rotatable bonds is 7. The largest absolute Gasteiger partial charge is 0.450 e. The zero-order valence-electron chi connectivity index (χ0n) is 16.3. The Hall–Kier alpha value is -3.26. The number of H-pyrrole nitrogens is 1. The first kappa shape index (κ1) is 20.5. The van der Waals surface area contributed by atoms with E-state index in [9.17, 15) is 14.4 Å². The van der Waals surface area contributed by atoms with Crippen LogP contribution in [0.15, 0.2) is 42.5 Å². The van der Waals surface area contributed by atoms with Crippen LogP contribution in [0.25, 0.3) is 11.3 Å². The van der Waals surface area contributed by atoms with Crippen molar-refractivity contribution in [2.75, 3.05) is 0 Å². The smallest absolute Gasteiger partial charge is 0.357 e. The van der Waals surface area contributed by atoms with E-state index in [0.717, 1.165) is 16.0 Å². The van der Waals surface area contributed by atoms with E-state index < -0.39 is 12.1 Å². The number of carbonyl (C=O) groups is 3. The predicted octanol–water partition coefficient (Wildman–Crippen LogP) is 3.51. The highest BCUT2D eigenvalue weighted by atomic mass is 32.1. The number of benzene rings is 1. The number of carbonyl (C=O) groups excluding carboxylic acids is 3. The standard InChI is InChI=1S/C21H21N3O4S/c1-12-4-6-15(7-5-12)17-10-18(24-23-17)21(27)28-13(2)20(26)19-9-8-16(29-19)11-22-14(3)25/h4-10,13H,11H2,1-3H3,(H,22,25)(H,23,24). The number of aromatic amines is 1. The van der Waals surface area contributed by atoms with E-state index in [1.54, 1.807) is 18.2 Å². The maximum atomic E-state index is 12.5. The topological polar surface area (TPSA) is 101 Å². The molecule has 0 bridgehead atoms. The summed E-state index contributed by atoms with van der Waals surface area (Å²) in [5.41, 5.74) is 2.81. The minimum Gasteiger partial charge on any atom is -0.450 e. The van der Waals surface area contributed by atoms with Gasteiger partial charge in [-0.1, -0.05) is 29.8 Å². The molecule has 7 nitrogen and oxygen atoms in total. The fourth-order valence-corrected chi connectivity index (χ4v) is 3.56. The molecule has 150 valence electrons. The third kappa shape index (κ3) is 5.17. The third-order valence-electron chi connectivity index (χ3n) is 4.21. The van der Waals surface area contributed by atoms with Gasteiger partial charge in [-0.25, -0.2) is 4.79 Å². The first-order valence-corrected chi connectivity index (χ1v) is 9.86. The molecule has 2 heterocycles. The highest BCUT2D eigenvalue weighted by Gasteiger charge is 2.23. The summed E-state index contributed by atoms with van der Waals surface area (Å²) in [6, 6.07) is 12.8. The van der Waals surface area contributed by atoms with Crippen molar-refractivity contribution in [1.82, 2.24) is 15.5 Å². The average molecular weight is 411 g/mol. The normalized spacial score (nSPS) is 11.7. The maximum absolute atomic E-state index is 12.5. The molecule has 0 aliphatic rings. The van der Waals surface area contributed by atoms with Gasteiger partial charge >= 0.3 is 5.97 Å². The lowest BCUT2D eigenvalue weighted by Crippen LogP contribution is -2.24. The van der Waals surface area contributed by atoms with Gasteiger partial charge in [0.15, 0.2) is 6.10 Å². The van der Waals surface area contributed by atoms with Crippen LogP contribution in [0.3, 0.4) is 0 Å². The van der Waals surface area contributed by atoms with Crippen molar-refractivity contribution in [3.05, 3.63) is 63.5 Å². The van der Waals surface area contributed by atoms with Gasteiger partial charge in [0.25, 0.3) is 0 Å². The van der Waals surface area contributed by atoms with E-state index in [0.29, 0.717) is 17.1 Å². The van der Waals surface area contributed by atoms with Gasteiger partial charge in [0.2, 0.25) is 11.7 Å². The van der Waals surface area contributed by atoms with Crippen molar-refractivity contribution < 1.29 is 19.1 Å². The molecule has 0 fully saturated rings. The number of aromatic nitrogens is 2. The van der Waals surface area contributed by atoms with Gasteiger partial charge in [0, 0.05) is 17.4 Å². The number of ketones is 1. The van der Waals surface area contributed by atoms with Gasteiger partial charge in [-0.3, -0.25) is 14.7 Å². The Morgan fingerprint density at radius 2 is 1.90 bits per heavy atom. The van der Waals surface area contributed by atoms with Crippen LogP contribution in [0.1, 0.15) is 44.4 Å². The van der Waals surface area contributed by atoms with Crippen molar-refractivity contribution in [2.45, 2.75) is 33.4 Å². The highest BCUT2D eigenvalue weighted by Crippen LogP contribution is 2.21. The van der Waals surface area contributed by atoms with Crippen molar-refractivity contribution in [2.24, 2.45) is 0 Å². The van der Waals surface area contributed by atoms with Crippen LogP contribution in [-0.4, -0.2) is 34.0 Å². The van der Waals surface area contributed by atoms with E-state index in [1.807, 2.05) is 31.2 Å². The van der Waals surface area contributed by atoms with E-state index in [-0.39, 0.29) is 17.4 Å². The second-order valence-corrected chi connectivity index (χ2v) is 7.79. The number of Topliss-reactive ketones (excluding diaryl/α,β-unsaturated/α-hetero) is 1. The maximum Gasteiger partial charge on any atom is 0.357 e. The zero-order chi connectivity index (χ0) is 21.0. The Morgan fingerprint density at radius 3 is 2.59 bits per heavy atom. The molecule has 1 amide bonds. The summed E-state index contributed by atoms with van der Waals surface area (Å²) in [4.78, 5) is 37.2. The second-order valence-electron chi connectivity index (χ2n) is 6.62. The molecule has 1 atom stereocenters. The summed E-state index contributed by atoms with van der Waals surface area (Å²) in [5, 5.41) is 9.48. The van der Waals surface area contributed by atoms with Crippen molar-refractivity contribution in [1.29, 1.82) is 0 Å². The Bertz CT molecular complexity index is 1040. The van der Waals surface area contributed by atoms with Crippen LogP contribution < -0.4 is 5.32 Å². The van der Waals surface area contributed by atoms with Crippen LogP contribution in [-0.2, 0) is 16.1 Å². The molecule has 2 aromatic heterocycles. The number of amides is 1. The van der Waals surface area contributed by atoms with Crippen LogP contribution in [0.4, 0.5) is 0 Å². The van der Waals surface area contributed by atoms with E-state index in [2.05, 4.69) is 15.5 Å². The number of aryl methyl sites for hydroxylation is 1. The fraction of sp³-hybridized carbons (Fsp3) is 0.238. The highest BCUT2D eigenvalue weighted by molar-refractivity contribution is 7.14. The minimum atomic E-state index is -0.944. The first-order chi connectivity index (χ1) is 13.8. The van der Waals surface area contributed by atoms with Gasteiger partial charge in [-0.15, -0.1) is 11.3 Å². The minimum absolute atomic E-state index is 0.141. The fourth-order valence-electron chi connectivity index (χ4n) is 2.59. The quantitative estimate of drug-likeness (QED) is 0.458. The Balaban J connectivity index is 1.62. The van der Waals surface area contributed by atoms with Gasteiger partial charge in [-0.2, -0.15) is 5.10 Å². The number of esters is 1. The van der Waals surface area contributed by atoms with Crippen molar-refractivity contribution in [3.8, 4) is 11.3 Å². The van der Waals surface area contributed by atoms with Crippen LogP contribution in [0.2, 0.25) is 0 Å². The average Bonchev–Trinajstić information content (AvgIpc) is 3.36. The SMILES string of the molecule is CC(=O)NCc1ccc(C(=O)C(C)OC(=O)c2cc(-c3ccc(C)cc3)n[nH]2)s1. The second kappa shape index (κ2) is 8.83. The molecule has 0 aliphatic carbocycles. The summed E-state index contributed by atoms with van der Waals surface area (Å²) in [7, 11) is 0. The molecule has 0 saturated carbocycles. The van der Waals surface area contributed by atoms with Gasteiger partial charge in [0.05, 0.1) is 17.1 Å². The first-order valence-electron chi connectivity index (χ1n) is 9.04. The Morgan fingerprint density at radius 1 is 1.17 bits per heavy atom. The molecule has 0 aliphatic heterocycles. The molecule has 2 N–H and O–H groups in total. The molecular weight excluding hydrogens is 390 g/mol. The number of hydrogen-bond donors (Lipinski definition) is 2. The number of hydrogen-bond acceptors (Lipinski definition) is 6. The van der Waals surface area contributed by atoms with E-state index in [4.69, 9.17) is 4.74 Å². The van der Waals surface area contributed by atoms with Crippen LogP contribution in [0, 0.1) is 6.92 Å². The van der Waals surface area contributed by atoms with Crippen LogP contribution in [0.5, 0.6) is 0 Å². The van der Waals surface area contributed by atoms with Gasteiger partial charge in [-0.05, 0) is 32.0 Å². The third-order valence-corrected chi connectivity index (χ3v) is 5.31. The van der Waals surface area contributed by atoms with Crippen molar-refractivity contribution >= 4 is 29.0 Å². The lowest BCUT2D eigenvalue weighted by atomic mass is 10.1. The molecular formula is C21H21N3O4S. The lowest BCUT2D eigenvalue weighted by molar-refractivity contribution is -0.119. The molecule has 3 rings (SSSR count). The molecule has 0 spiro atoms. The van der Waals surface area contributed by atoms with Crippen LogP contribution >= 0.6 is 11.3 Å². The summed E-state index contributed by atoms with van der Waals surface area (Å²) in [5.74, 6) is -1.08. The monoisotopic (exact) mass is 411 g/mol. The number of thiophene rings is 1. The zero-order valence-corrected chi connectivity index (χ0v) is 17.1. The number of ether oxygens (including phenoxy) is 1. The molecule has 3 aromatic rings. The molecule has 1 aromatic carbocycles. The molecule has 0 saturated heterocycles. The molecule has 1 unspecified atom stereocenters. The van der Waals surface area contributed by atoms with Gasteiger partial charge in [0.1, 0.15) is 5.69 Å². The number of nitrogens with one attached hydrogen (secondary N) is 2. The number of nitrogens with zero attached hydrogens (tertiary/aromatic N) is 1. The molecule has 0 radical (unpaired) electrons. The summed E-state index contributed by atoms with van der Waals surface area (Å²) in [6.07, 6.45) is -0.944. The summed E-state index contributed by atoms with van der Waals surface area (Å²) in [6.45, 7) is 5.31. The summed E-state index contributed by atoms with van der Waals surface area (Å²) >= 11 is 1.26. The van der Waals surface area contributed by atoms with Gasteiger partial charge < -0.3 is 10.1 Å². The van der Waals surface area contributed by atoms with E-state index >= 15 is 0 Å². The molecule has 8 heteroatoms. The lowest BCUT2D eigenvalue weighted by Gasteiger charge is -2.10. The predicted molar refractivity (Wildman–Crippen MR) is 110 cm³/mol. The Kier molecular flexibility index (Phi) is 6.23. The van der Waals surface area contributed by atoms with E-state index in [1.165, 1.54) is 25.2 Å². The summed E-state index contributed by atoms with van der Waals surface area (Å²) < 4.78 is 5.31.